The molecule has 4 fully saturated rings. The fourth-order valence-corrected chi connectivity index (χ4v) is 6.95. The summed E-state index contributed by atoms with van der Waals surface area (Å²) in [7, 11) is 0. The lowest BCUT2D eigenvalue weighted by Gasteiger charge is -2.46. The zero-order valence-corrected chi connectivity index (χ0v) is 22.4. The van der Waals surface area contributed by atoms with Crippen LogP contribution in [0.2, 0.25) is 0 Å². The van der Waals surface area contributed by atoms with E-state index >= 15 is 0 Å². The molecule has 5 rings (SSSR count). The van der Waals surface area contributed by atoms with Gasteiger partial charge in [-0.25, -0.2) is 0 Å². The second kappa shape index (κ2) is 11.6. The van der Waals surface area contributed by atoms with Gasteiger partial charge in [-0.1, -0.05) is 32.1 Å². The minimum Gasteiger partial charge on any atom is -0.369 e. The first-order valence-corrected chi connectivity index (χ1v) is 14.2. The number of Topliss-reactive ketones (excluding diaryl/α,β-unsaturated/α-hetero) is 1. The summed E-state index contributed by atoms with van der Waals surface area (Å²) >= 11 is 0. The number of anilines is 1. The Bertz CT molecular complexity index is 1060. The molecule has 3 aliphatic heterocycles. The summed E-state index contributed by atoms with van der Waals surface area (Å²) < 4.78 is 5.76. The van der Waals surface area contributed by atoms with Crippen molar-refractivity contribution in [3.8, 4) is 12.3 Å². The summed E-state index contributed by atoms with van der Waals surface area (Å²) in [6.07, 6.45) is 12.1. The SMILES string of the molecule is C#CC1CN(C(C=O)(NC(=O)c2ccc(N3CCN(CCC)CC3)cc2)C2CCCCC2)C2C(=O)COC12. The van der Waals surface area contributed by atoms with E-state index in [0.717, 1.165) is 83.2 Å². The predicted molar refractivity (Wildman–Crippen MR) is 146 cm³/mol. The van der Waals surface area contributed by atoms with E-state index in [-0.39, 0.29) is 30.1 Å². The number of piperazine rings is 1. The standard InChI is InChI=1S/C30H40N4O4/c1-3-14-32-15-17-33(18-16-32)25-12-10-23(11-13-25)29(37)31-30(21-35,24-8-6-5-7-9-24)34-19-22(4-2)28-27(34)26(36)20-38-28/h2,10-13,21-22,24,27-28H,3,5-9,14-20H2,1H3,(H,31,37). The molecule has 1 N–H and O–H groups in total. The fourth-order valence-electron chi connectivity index (χ4n) is 6.95. The van der Waals surface area contributed by atoms with Crippen molar-refractivity contribution in [3.05, 3.63) is 29.8 Å². The number of hydrogen-bond acceptors (Lipinski definition) is 7. The number of ketones is 1. The minimum atomic E-state index is -1.30. The minimum absolute atomic E-state index is 0.00820. The number of benzene rings is 1. The molecule has 1 aromatic rings. The number of nitrogens with zero attached hydrogens (tertiary/aromatic N) is 3. The molecule has 8 heteroatoms. The molecule has 3 saturated heterocycles. The molecular weight excluding hydrogens is 480 g/mol. The van der Waals surface area contributed by atoms with Gasteiger partial charge < -0.3 is 15.0 Å². The molecule has 4 atom stereocenters. The Labute approximate surface area is 226 Å². The molecule has 8 nitrogen and oxygen atoms in total. The van der Waals surface area contributed by atoms with Gasteiger partial charge in [0.2, 0.25) is 0 Å². The fraction of sp³-hybridized carbons (Fsp3) is 0.633. The Morgan fingerprint density at radius 2 is 1.87 bits per heavy atom. The van der Waals surface area contributed by atoms with E-state index in [0.29, 0.717) is 12.1 Å². The summed E-state index contributed by atoms with van der Waals surface area (Å²) in [5.74, 6) is 1.98. The van der Waals surface area contributed by atoms with Crippen LogP contribution < -0.4 is 10.2 Å². The summed E-state index contributed by atoms with van der Waals surface area (Å²) in [6, 6.07) is 7.03. The smallest absolute Gasteiger partial charge is 0.253 e. The lowest BCUT2D eigenvalue weighted by Crippen LogP contribution is -2.68. The van der Waals surface area contributed by atoms with Crippen LogP contribution in [0.15, 0.2) is 24.3 Å². The van der Waals surface area contributed by atoms with E-state index in [9.17, 15) is 14.4 Å². The molecule has 0 bridgehead atoms. The summed E-state index contributed by atoms with van der Waals surface area (Å²) in [6.45, 7) is 7.68. The van der Waals surface area contributed by atoms with Gasteiger partial charge in [0.05, 0.1) is 12.0 Å². The van der Waals surface area contributed by atoms with Gasteiger partial charge in [0.15, 0.2) is 17.7 Å². The number of carbonyl (C=O) groups excluding carboxylic acids is 3. The second-order valence-corrected chi connectivity index (χ2v) is 11.2. The molecule has 4 aliphatic rings. The van der Waals surface area contributed by atoms with Crippen molar-refractivity contribution in [2.75, 3.05) is 50.8 Å². The second-order valence-electron chi connectivity index (χ2n) is 11.2. The Kier molecular flexibility index (Phi) is 8.18. The molecular formula is C30H40N4O4. The van der Waals surface area contributed by atoms with Gasteiger partial charge in [0.1, 0.15) is 12.6 Å². The maximum absolute atomic E-state index is 13.7. The van der Waals surface area contributed by atoms with E-state index < -0.39 is 17.8 Å². The normalized spacial score (nSPS) is 28.5. The highest BCUT2D eigenvalue weighted by Crippen LogP contribution is 2.42. The van der Waals surface area contributed by atoms with Gasteiger partial charge in [-0.3, -0.25) is 24.2 Å². The molecule has 1 aromatic carbocycles. The molecule has 1 aliphatic carbocycles. The first-order valence-electron chi connectivity index (χ1n) is 14.2. The lowest BCUT2D eigenvalue weighted by atomic mass is 9.78. The van der Waals surface area contributed by atoms with Crippen LogP contribution in [0.4, 0.5) is 5.69 Å². The first-order chi connectivity index (χ1) is 18.5. The number of rotatable bonds is 8. The zero-order chi connectivity index (χ0) is 26.7. The van der Waals surface area contributed by atoms with Gasteiger partial charge in [-0.15, -0.1) is 6.42 Å². The van der Waals surface area contributed by atoms with Crippen LogP contribution in [0, 0.1) is 24.2 Å². The van der Waals surface area contributed by atoms with E-state index in [2.05, 4.69) is 28.0 Å². The molecule has 4 unspecified atom stereocenters. The first kappa shape index (κ1) is 26.9. The Morgan fingerprint density at radius 1 is 1.16 bits per heavy atom. The summed E-state index contributed by atoms with van der Waals surface area (Å²) in [4.78, 5) is 46.3. The number of likely N-dealkylation sites (tertiary alicyclic amines) is 1. The Morgan fingerprint density at radius 3 is 2.50 bits per heavy atom. The van der Waals surface area contributed by atoms with Crippen LogP contribution in [0.5, 0.6) is 0 Å². The third kappa shape index (κ3) is 5.00. The number of ether oxygens (including phenoxy) is 1. The van der Waals surface area contributed by atoms with Crippen LogP contribution in [-0.4, -0.2) is 91.5 Å². The molecule has 0 radical (unpaired) electrons. The Hall–Kier alpha value is -2.73. The Balaban J connectivity index is 1.37. The van der Waals surface area contributed by atoms with E-state index in [1.54, 1.807) is 0 Å². The number of aldehydes is 1. The molecule has 1 saturated carbocycles. The average molecular weight is 521 g/mol. The van der Waals surface area contributed by atoms with Crippen molar-refractivity contribution in [3.63, 3.8) is 0 Å². The van der Waals surface area contributed by atoms with Gasteiger partial charge in [0.25, 0.3) is 5.91 Å². The van der Waals surface area contributed by atoms with Gasteiger partial charge in [-0.2, -0.15) is 0 Å². The monoisotopic (exact) mass is 520 g/mol. The largest absolute Gasteiger partial charge is 0.369 e. The van der Waals surface area contributed by atoms with Crippen molar-refractivity contribution in [1.82, 2.24) is 15.1 Å². The molecule has 1 amide bonds. The molecule has 38 heavy (non-hydrogen) atoms. The average Bonchev–Trinajstić information content (AvgIpc) is 3.53. The van der Waals surface area contributed by atoms with Crippen LogP contribution in [0.1, 0.15) is 55.8 Å². The number of terminal acetylenes is 1. The quantitative estimate of drug-likeness (QED) is 0.416. The van der Waals surface area contributed by atoms with E-state index in [4.69, 9.17) is 11.2 Å². The lowest BCUT2D eigenvalue weighted by molar-refractivity contribution is -0.132. The highest BCUT2D eigenvalue weighted by molar-refractivity contribution is 5.97. The van der Waals surface area contributed by atoms with E-state index in [1.165, 1.54) is 0 Å². The molecule has 3 heterocycles. The third-order valence-corrected chi connectivity index (χ3v) is 9.00. The van der Waals surface area contributed by atoms with E-state index in [1.807, 2.05) is 29.2 Å². The zero-order valence-electron chi connectivity index (χ0n) is 22.4. The predicted octanol–water partition coefficient (Wildman–Crippen LogP) is 2.33. The highest BCUT2D eigenvalue weighted by Gasteiger charge is 2.59. The van der Waals surface area contributed by atoms with Crippen molar-refractivity contribution in [2.45, 2.75) is 63.3 Å². The van der Waals surface area contributed by atoms with Crippen molar-refractivity contribution >= 4 is 23.7 Å². The molecule has 0 aromatic heterocycles. The topological polar surface area (TPSA) is 82.2 Å². The maximum atomic E-state index is 13.7. The number of nitrogens with one attached hydrogen (secondary N) is 1. The highest BCUT2D eigenvalue weighted by atomic mass is 16.5. The molecule has 0 spiro atoms. The number of hydrogen-bond donors (Lipinski definition) is 1. The van der Waals surface area contributed by atoms with Crippen LogP contribution >= 0.6 is 0 Å². The molecule has 204 valence electrons. The van der Waals surface area contributed by atoms with Gasteiger partial charge in [-0.05, 0) is 50.1 Å². The number of amides is 1. The van der Waals surface area contributed by atoms with Gasteiger partial charge in [0, 0.05) is 49.9 Å². The summed E-state index contributed by atoms with van der Waals surface area (Å²) in [5.41, 5.74) is 0.294. The van der Waals surface area contributed by atoms with Gasteiger partial charge >= 0.3 is 0 Å². The third-order valence-electron chi connectivity index (χ3n) is 9.00. The van der Waals surface area contributed by atoms with Crippen molar-refractivity contribution < 1.29 is 19.1 Å². The number of fused-ring (bicyclic) bond motifs is 1. The number of carbonyl (C=O) groups is 3. The van der Waals surface area contributed by atoms with Crippen LogP contribution in [0.3, 0.4) is 0 Å². The van der Waals surface area contributed by atoms with Crippen LogP contribution in [-0.2, 0) is 14.3 Å². The summed E-state index contributed by atoms with van der Waals surface area (Å²) in [5, 5.41) is 3.13. The van der Waals surface area contributed by atoms with Crippen LogP contribution in [0.25, 0.3) is 0 Å². The van der Waals surface area contributed by atoms with Crippen molar-refractivity contribution in [2.24, 2.45) is 11.8 Å². The maximum Gasteiger partial charge on any atom is 0.253 e. The van der Waals surface area contributed by atoms with Crippen molar-refractivity contribution in [1.29, 1.82) is 0 Å².